The lowest BCUT2D eigenvalue weighted by molar-refractivity contribution is 0.319. The molecule has 0 radical (unpaired) electrons. The average molecular weight is 256 g/mol. The first-order valence-electron chi connectivity index (χ1n) is 6.82. The predicted molar refractivity (Wildman–Crippen MR) is 76.6 cm³/mol. The summed E-state index contributed by atoms with van der Waals surface area (Å²) in [5.41, 5.74) is 2.66. The van der Waals surface area contributed by atoms with E-state index in [4.69, 9.17) is 4.74 Å². The molecule has 3 rings (SSSR count). The number of para-hydroxylation sites is 1. The molecule has 3 nitrogen and oxygen atoms in total. The Morgan fingerprint density at radius 3 is 3.05 bits per heavy atom. The lowest BCUT2D eigenvalue weighted by atomic mass is 10.0. The summed E-state index contributed by atoms with van der Waals surface area (Å²) in [6.45, 7) is 3.94. The molecule has 2 heterocycles. The van der Waals surface area contributed by atoms with Crippen molar-refractivity contribution in [2.45, 2.75) is 25.4 Å². The molecule has 0 fully saturated rings. The summed E-state index contributed by atoms with van der Waals surface area (Å²) >= 11 is 0. The second-order valence-electron chi connectivity index (χ2n) is 5.20. The normalized spacial score (nSPS) is 18.9. The first kappa shape index (κ1) is 12.3. The predicted octanol–water partition coefficient (Wildman–Crippen LogP) is 2.94. The molecule has 1 aliphatic rings. The summed E-state index contributed by atoms with van der Waals surface area (Å²) in [7, 11) is 1.99. The van der Waals surface area contributed by atoms with Crippen molar-refractivity contribution in [3.05, 3.63) is 53.9 Å². The van der Waals surface area contributed by atoms with Crippen LogP contribution in [0.2, 0.25) is 0 Å². The molecule has 1 N–H and O–H groups in total. The van der Waals surface area contributed by atoms with Gasteiger partial charge in [-0.25, -0.2) is 0 Å². The van der Waals surface area contributed by atoms with Crippen molar-refractivity contribution >= 4 is 0 Å². The molecule has 1 aromatic heterocycles. The second-order valence-corrected chi connectivity index (χ2v) is 5.20. The van der Waals surface area contributed by atoms with Crippen LogP contribution in [0.1, 0.15) is 30.0 Å². The summed E-state index contributed by atoms with van der Waals surface area (Å²) in [5.74, 6) is 1.50. The molecular formula is C16H20N2O. The third kappa shape index (κ3) is 2.38. The number of rotatable bonds is 4. The summed E-state index contributed by atoms with van der Waals surface area (Å²) in [4.78, 5) is 0. The SMILES string of the molecule is CNC(C)c1ccn(CC2COc3ccccc32)c1. The fraction of sp³-hybridized carbons (Fsp3) is 0.375. The van der Waals surface area contributed by atoms with E-state index in [-0.39, 0.29) is 0 Å². The van der Waals surface area contributed by atoms with Gasteiger partial charge in [0.05, 0.1) is 6.61 Å². The Balaban J connectivity index is 1.74. The molecule has 3 heteroatoms. The van der Waals surface area contributed by atoms with E-state index >= 15 is 0 Å². The number of nitrogens with zero attached hydrogens (tertiary/aromatic N) is 1. The van der Waals surface area contributed by atoms with Gasteiger partial charge in [0.2, 0.25) is 0 Å². The van der Waals surface area contributed by atoms with Crippen molar-refractivity contribution in [3.8, 4) is 5.75 Å². The van der Waals surface area contributed by atoms with Crippen molar-refractivity contribution in [2.75, 3.05) is 13.7 Å². The molecule has 100 valence electrons. The summed E-state index contributed by atoms with van der Waals surface area (Å²) < 4.78 is 8.00. The smallest absolute Gasteiger partial charge is 0.122 e. The van der Waals surface area contributed by atoms with Crippen molar-refractivity contribution in [1.82, 2.24) is 9.88 Å². The Bertz CT molecular complexity index is 561. The van der Waals surface area contributed by atoms with Gasteiger partial charge >= 0.3 is 0 Å². The Kier molecular flexibility index (Phi) is 3.30. The van der Waals surface area contributed by atoms with E-state index in [1.807, 2.05) is 13.1 Å². The number of nitrogens with one attached hydrogen (secondary N) is 1. The topological polar surface area (TPSA) is 26.2 Å². The number of hydrogen-bond acceptors (Lipinski definition) is 2. The molecule has 2 atom stereocenters. The molecule has 2 aromatic rings. The number of hydrogen-bond donors (Lipinski definition) is 1. The van der Waals surface area contributed by atoms with E-state index in [0.29, 0.717) is 12.0 Å². The molecule has 19 heavy (non-hydrogen) atoms. The minimum absolute atomic E-state index is 0.397. The van der Waals surface area contributed by atoms with Crippen molar-refractivity contribution in [3.63, 3.8) is 0 Å². The number of aromatic nitrogens is 1. The van der Waals surface area contributed by atoms with E-state index in [1.165, 1.54) is 11.1 Å². The molecular weight excluding hydrogens is 236 g/mol. The van der Waals surface area contributed by atoms with Gasteiger partial charge in [-0.1, -0.05) is 18.2 Å². The Morgan fingerprint density at radius 1 is 1.37 bits per heavy atom. The molecule has 1 aliphatic heterocycles. The number of fused-ring (bicyclic) bond motifs is 1. The third-order valence-electron chi connectivity index (χ3n) is 3.94. The second kappa shape index (κ2) is 5.10. The zero-order chi connectivity index (χ0) is 13.2. The van der Waals surface area contributed by atoms with Gasteiger partial charge in [-0.05, 0) is 31.7 Å². The minimum atomic E-state index is 0.397. The van der Waals surface area contributed by atoms with Crippen LogP contribution in [0.15, 0.2) is 42.7 Å². The maximum Gasteiger partial charge on any atom is 0.122 e. The lowest BCUT2D eigenvalue weighted by Gasteiger charge is -2.11. The number of ether oxygens (including phenoxy) is 1. The monoisotopic (exact) mass is 256 g/mol. The van der Waals surface area contributed by atoms with E-state index in [2.05, 4.69) is 53.5 Å². The fourth-order valence-electron chi connectivity index (χ4n) is 2.63. The first-order valence-corrected chi connectivity index (χ1v) is 6.82. The maximum absolute atomic E-state index is 5.73. The van der Waals surface area contributed by atoms with Gasteiger partial charge in [0, 0.05) is 36.5 Å². The fourth-order valence-corrected chi connectivity index (χ4v) is 2.63. The van der Waals surface area contributed by atoms with Crippen LogP contribution >= 0.6 is 0 Å². The van der Waals surface area contributed by atoms with Gasteiger partial charge in [0.15, 0.2) is 0 Å². The van der Waals surface area contributed by atoms with E-state index < -0.39 is 0 Å². The van der Waals surface area contributed by atoms with Crippen molar-refractivity contribution in [2.24, 2.45) is 0 Å². The van der Waals surface area contributed by atoms with Gasteiger partial charge in [-0.3, -0.25) is 0 Å². The van der Waals surface area contributed by atoms with Gasteiger partial charge in [-0.15, -0.1) is 0 Å². The lowest BCUT2D eigenvalue weighted by Crippen LogP contribution is -2.12. The van der Waals surface area contributed by atoms with E-state index in [0.717, 1.165) is 18.9 Å². The molecule has 0 spiro atoms. The summed E-state index contributed by atoms with van der Waals surface area (Å²) in [5, 5.41) is 3.27. The van der Waals surface area contributed by atoms with Crippen LogP contribution in [0.5, 0.6) is 5.75 Å². The highest BCUT2D eigenvalue weighted by Crippen LogP contribution is 2.34. The molecule has 2 unspecified atom stereocenters. The largest absolute Gasteiger partial charge is 0.493 e. The van der Waals surface area contributed by atoms with Gasteiger partial charge in [0.25, 0.3) is 0 Å². The van der Waals surface area contributed by atoms with Crippen LogP contribution in [-0.2, 0) is 6.54 Å². The van der Waals surface area contributed by atoms with Crippen LogP contribution in [0, 0.1) is 0 Å². The highest BCUT2D eigenvalue weighted by molar-refractivity contribution is 5.39. The van der Waals surface area contributed by atoms with Crippen LogP contribution in [0.25, 0.3) is 0 Å². The van der Waals surface area contributed by atoms with Crippen LogP contribution in [0.3, 0.4) is 0 Å². The van der Waals surface area contributed by atoms with Crippen LogP contribution in [0.4, 0.5) is 0 Å². The van der Waals surface area contributed by atoms with Gasteiger partial charge in [0.1, 0.15) is 5.75 Å². The minimum Gasteiger partial charge on any atom is -0.493 e. The number of benzene rings is 1. The Morgan fingerprint density at radius 2 is 2.21 bits per heavy atom. The molecule has 0 amide bonds. The summed E-state index contributed by atoms with van der Waals surface area (Å²) in [6, 6.07) is 10.9. The van der Waals surface area contributed by atoms with E-state index in [9.17, 15) is 0 Å². The summed E-state index contributed by atoms with van der Waals surface area (Å²) in [6.07, 6.45) is 4.38. The first-order chi connectivity index (χ1) is 9.28. The molecule has 1 aromatic carbocycles. The third-order valence-corrected chi connectivity index (χ3v) is 3.94. The molecule has 0 saturated heterocycles. The average Bonchev–Trinajstić information content (AvgIpc) is 3.06. The van der Waals surface area contributed by atoms with E-state index in [1.54, 1.807) is 0 Å². The Hall–Kier alpha value is -1.74. The molecule has 0 bridgehead atoms. The van der Waals surface area contributed by atoms with Gasteiger partial charge in [-0.2, -0.15) is 0 Å². The zero-order valence-corrected chi connectivity index (χ0v) is 11.5. The highest BCUT2D eigenvalue weighted by atomic mass is 16.5. The van der Waals surface area contributed by atoms with Crippen LogP contribution < -0.4 is 10.1 Å². The van der Waals surface area contributed by atoms with Gasteiger partial charge < -0.3 is 14.6 Å². The molecule has 0 aliphatic carbocycles. The Labute approximate surface area is 114 Å². The van der Waals surface area contributed by atoms with Crippen molar-refractivity contribution < 1.29 is 4.74 Å². The zero-order valence-electron chi connectivity index (χ0n) is 11.5. The van der Waals surface area contributed by atoms with Crippen LogP contribution in [-0.4, -0.2) is 18.2 Å². The highest BCUT2D eigenvalue weighted by Gasteiger charge is 2.23. The maximum atomic E-state index is 5.73. The quantitative estimate of drug-likeness (QED) is 0.910. The standard InChI is InChI=1S/C16H20N2O/c1-12(17-2)13-7-8-18(9-13)10-14-11-19-16-6-4-3-5-15(14)16/h3-9,12,14,17H,10-11H2,1-2H3. The van der Waals surface area contributed by atoms with Crippen molar-refractivity contribution in [1.29, 1.82) is 0 Å². The molecule has 0 saturated carbocycles.